The summed E-state index contributed by atoms with van der Waals surface area (Å²) in [5, 5.41) is 3.32. The molecule has 4 nitrogen and oxygen atoms in total. The van der Waals surface area contributed by atoms with Crippen molar-refractivity contribution < 1.29 is 17.5 Å². The van der Waals surface area contributed by atoms with Gasteiger partial charge in [0.05, 0.1) is 10.6 Å². The minimum Gasteiger partial charge on any atom is -0.385 e. The van der Waals surface area contributed by atoms with E-state index >= 15 is 0 Å². The van der Waals surface area contributed by atoms with Gasteiger partial charge in [-0.3, -0.25) is 0 Å². The maximum absolute atomic E-state index is 13.4. The molecule has 6 heteroatoms. The third-order valence-corrected chi connectivity index (χ3v) is 5.34. The summed E-state index contributed by atoms with van der Waals surface area (Å²) in [6, 6.07) is 3.82. The summed E-state index contributed by atoms with van der Waals surface area (Å²) in [5.41, 5.74) is 0.558. The molecule has 20 heavy (non-hydrogen) atoms. The first-order chi connectivity index (χ1) is 9.54. The second kappa shape index (κ2) is 6.65. The first kappa shape index (κ1) is 15.4. The van der Waals surface area contributed by atoms with E-state index in [1.54, 1.807) is 7.11 Å². The quantitative estimate of drug-likeness (QED) is 0.645. The number of sulfone groups is 1. The lowest BCUT2D eigenvalue weighted by Gasteiger charge is -2.26. The molecule has 0 amide bonds. The number of methoxy groups -OCH3 is 1. The molecular formula is C14H20FNO3S. The van der Waals surface area contributed by atoms with Crippen molar-refractivity contribution in [3.63, 3.8) is 0 Å². The van der Waals surface area contributed by atoms with E-state index in [4.69, 9.17) is 4.74 Å². The Bertz CT molecular complexity index is 560. The van der Waals surface area contributed by atoms with E-state index in [1.165, 1.54) is 18.2 Å². The smallest absolute Gasteiger partial charge is 0.178 e. The van der Waals surface area contributed by atoms with E-state index in [-0.39, 0.29) is 16.7 Å². The van der Waals surface area contributed by atoms with Crippen molar-refractivity contribution in [3.8, 4) is 0 Å². The van der Waals surface area contributed by atoms with Crippen LogP contribution in [0.1, 0.15) is 30.9 Å². The molecule has 0 saturated heterocycles. The summed E-state index contributed by atoms with van der Waals surface area (Å²) in [6.07, 6.45) is 2.38. The molecule has 1 aliphatic rings. The third kappa shape index (κ3) is 3.56. The minimum atomic E-state index is -3.26. The fraction of sp³-hybridized carbons (Fsp3) is 0.571. The molecule has 1 aromatic rings. The molecular weight excluding hydrogens is 281 g/mol. The molecule has 1 heterocycles. The zero-order valence-corrected chi connectivity index (χ0v) is 12.4. The number of unbranched alkanes of at least 4 members (excludes halogenated alkanes) is 1. The predicted octanol–water partition coefficient (Wildman–Crippen LogP) is 2.06. The molecule has 1 aliphatic heterocycles. The van der Waals surface area contributed by atoms with E-state index in [9.17, 15) is 12.8 Å². The summed E-state index contributed by atoms with van der Waals surface area (Å²) >= 11 is 0. The van der Waals surface area contributed by atoms with Gasteiger partial charge in [0.2, 0.25) is 0 Å². The van der Waals surface area contributed by atoms with E-state index in [1.807, 2.05) is 0 Å². The average Bonchev–Trinajstić information content (AvgIpc) is 2.40. The summed E-state index contributed by atoms with van der Waals surface area (Å²) in [7, 11) is -1.59. The molecule has 0 radical (unpaired) electrons. The molecule has 112 valence electrons. The Hall–Kier alpha value is -0.980. The van der Waals surface area contributed by atoms with Crippen LogP contribution >= 0.6 is 0 Å². The van der Waals surface area contributed by atoms with E-state index in [0.29, 0.717) is 18.6 Å². The van der Waals surface area contributed by atoms with Crippen LogP contribution in [-0.2, 0) is 14.6 Å². The molecule has 0 bridgehead atoms. The van der Waals surface area contributed by atoms with Gasteiger partial charge in [-0.05, 0) is 49.6 Å². The standard InChI is InChI=1S/C14H20FNO3S/c1-19-8-3-2-7-16-13-6-9-20(17,18)14-5-4-11(15)10-12(13)14/h4-5,10,13,16H,2-3,6-9H2,1H3. The number of ether oxygens (including phenoxy) is 1. The lowest BCUT2D eigenvalue weighted by Crippen LogP contribution is -2.30. The van der Waals surface area contributed by atoms with Gasteiger partial charge < -0.3 is 10.1 Å². The number of benzene rings is 1. The second-order valence-electron chi connectivity index (χ2n) is 5.00. The lowest BCUT2D eigenvalue weighted by atomic mass is 10.0. The van der Waals surface area contributed by atoms with Crippen molar-refractivity contribution >= 4 is 9.84 Å². The fourth-order valence-electron chi connectivity index (χ4n) is 2.47. The van der Waals surface area contributed by atoms with Gasteiger partial charge in [0.15, 0.2) is 9.84 Å². The highest BCUT2D eigenvalue weighted by atomic mass is 32.2. The zero-order chi connectivity index (χ0) is 14.6. The number of fused-ring (bicyclic) bond motifs is 1. The summed E-state index contributed by atoms with van der Waals surface area (Å²) in [6.45, 7) is 1.48. The Kier molecular flexibility index (Phi) is 5.12. The normalized spacial score (nSPS) is 20.6. The van der Waals surface area contributed by atoms with Crippen molar-refractivity contribution in [2.75, 3.05) is 26.0 Å². The molecule has 1 N–H and O–H groups in total. The Morgan fingerprint density at radius 1 is 1.40 bits per heavy atom. The Morgan fingerprint density at radius 2 is 2.20 bits per heavy atom. The Morgan fingerprint density at radius 3 is 2.95 bits per heavy atom. The molecule has 2 rings (SSSR count). The maximum Gasteiger partial charge on any atom is 0.178 e. The van der Waals surface area contributed by atoms with Crippen LogP contribution in [0.3, 0.4) is 0 Å². The van der Waals surface area contributed by atoms with Gasteiger partial charge >= 0.3 is 0 Å². The van der Waals surface area contributed by atoms with Crippen LogP contribution in [0.15, 0.2) is 23.1 Å². The number of hydrogen-bond acceptors (Lipinski definition) is 4. The fourth-order valence-corrected chi connectivity index (χ4v) is 4.07. The van der Waals surface area contributed by atoms with Crippen LogP contribution in [0, 0.1) is 5.82 Å². The van der Waals surface area contributed by atoms with Crippen molar-refractivity contribution in [3.05, 3.63) is 29.6 Å². The number of rotatable bonds is 6. The van der Waals surface area contributed by atoms with E-state index in [2.05, 4.69) is 5.32 Å². The summed E-state index contributed by atoms with van der Waals surface area (Å²) in [4.78, 5) is 0.263. The van der Waals surface area contributed by atoms with Gasteiger partial charge in [0, 0.05) is 19.8 Å². The maximum atomic E-state index is 13.4. The van der Waals surface area contributed by atoms with Gasteiger partial charge in [-0.25, -0.2) is 12.8 Å². The second-order valence-corrected chi connectivity index (χ2v) is 7.07. The van der Waals surface area contributed by atoms with Crippen LogP contribution in [0.2, 0.25) is 0 Å². The highest BCUT2D eigenvalue weighted by Crippen LogP contribution is 2.32. The number of halogens is 1. The van der Waals surface area contributed by atoms with Gasteiger partial charge in [-0.15, -0.1) is 0 Å². The predicted molar refractivity (Wildman–Crippen MR) is 74.9 cm³/mol. The van der Waals surface area contributed by atoms with Crippen molar-refractivity contribution in [1.29, 1.82) is 0 Å². The molecule has 1 unspecified atom stereocenters. The first-order valence-corrected chi connectivity index (χ1v) is 8.44. The number of nitrogens with one attached hydrogen (secondary N) is 1. The third-order valence-electron chi connectivity index (χ3n) is 3.52. The number of hydrogen-bond donors (Lipinski definition) is 1. The molecule has 0 fully saturated rings. The summed E-state index contributed by atoms with van der Waals surface area (Å²) in [5.74, 6) is -0.284. The Labute approximate surface area is 119 Å². The van der Waals surface area contributed by atoms with Gasteiger partial charge in [-0.1, -0.05) is 0 Å². The van der Waals surface area contributed by atoms with Crippen molar-refractivity contribution in [2.45, 2.75) is 30.2 Å². The molecule has 0 aromatic heterocycles. The highest BCUT2D eigenvalue weighted by molar-refractivity contribution is 7.91. The van der Waals surface area contributed by atoms with Crippen molar-refractivity contribution in [1.82, 2.24) is 5.32 Å². The van der Waals surface area contributed by atoms with E-state index < -0.39 is 15.7 Å². The van der Waals surface area contributed by atoms with E-state index in [0.717, 1.165) is 19.4 Å². The largest absolute Gasteiger partial charge is 0.385 e. The van der Waals surface area contributed by atoms with Crippen LogP contribution < -0.4 is 5.32 Å². The molecule has 0 saturated carbocycles. The van der Waals surface area contributed by atoms with Crippen LogP contribution in [0.25, 0.3) is 0 Å². The average molecular weight is 301 g/mol. The summed E-state index contributed by atoms with van der Waals surface area (Å²) < 4.78 is 42.3. The zero-order valence-electron chi connectivity index (χ0n) is 11.6. The van der Waals surface area contributed by atoms with Gasteiger partial charge in [0.1, 0.15) is 5.82 Å². The van der Waals surface area contributed by atoms with Crippen LogP contribution in [0.5, 0.6) is 0 Å². The minimum absolute atomic E-state index is 0.0910. The Balaban J connectivity index is 2.07. The topological polar surface area (TPSA) is 55.4 Å². The SMILES string of the molecule is COCCCCNC1CCS(=O)(=O)c2ccc(F)cc21. The molecule has 0 spiro atoms. The van der Waals surface area contributed by atoms with Crippen molar-refractivity contribution in [2.24, 2.45) is 0 Å². The van der Waals surface area contributed by atoms with Gasteiger partial charge in [0.25, 0.3) is 0 Å². The molecule has 1 atom stereocenters. The monoisotopic (exact) mass is 301 g/mol. The molecule has 0 aliphatic carbocycles. The molecule has 1 aromatic carbocycles. The van der Waals surface area contributed by atoms with Crippen LogP contribution in [0.4, 0.5) is 4.39 Å². The van der Waals surface area contributed by atoms with Gasteiger partial charge in [-0.2, -0.15) is 0 Å². The first-order valence-electron chi connectivity index (χ1n) is 6.79. The highest BCUT2D eigenvalue weighted by Gasteiger charge is 2.30. The lowest BCUT2D eigenvalue weighted by molar-refractivity contribution is 0.192. The van der Waals surface area contributed by atoms with Crippen LogP contribution in [-0.4, -0.2) is 34.4 Å².